The number of carbonyl (C=O) groups excluding carboxylic acids is 1. The van der Waals surface area contributed by atoms with E-state index in [-0.39, 0.29) is 11.5 Å². The third-order valence-electron chi connectivity index (χ3n) is 4.98. The van der Waals surface area contributed by atoms with Crippen molar-refractivity contribution < 1.29 is 4.79 Å². The van der Waals surface area contributed by atoms with Crippen molar-refractivity contribution in [1.29, 1.82) is 0 Å². The van der Waals surface area contributed by atoms with Crippen LogP contribution in [0.15, 0.2) is 65.7 Å². The van der Waals surface area contributed by atoms with Crippen LogP contribution in [0.1, 0.15) is 24.1 Å². The van der Waals surface area contributed by atoms with Crippen molar-refractivity contribution in [1.82, 2.24) is 9.55 Å². The van der Waals surface area contributed by atoms with Crippen LogP contribution < -0.4 is 10.9 Å². The lowest BCUT2D eigenvalue weighted by molar-refractivity contribution is -0.118. The smallest absolute Gasteiger partial charge is 0.262 e. The summed E-state index contributed by atoms with van der Waals surface area (Å²) >= 11 is 1.47. The van der Waals surface area contributed by atoms with E-state index >= 15 is 0 Å². The van der Waals surface area contributed by atoms with Crippen molar-refractivity contribution in [2.75, 3.05) is 5.32 Å². The first-order valence-electron chi connectivity index (χ1n) is 9.38. The van der Waals surface area contributed by atoms with Crippen molar-refractivity contribution in [2.45, 2.75) is 26.8 Å². The van der Waals surface area contributed by atoms with Crippen LogP contribution in [0.2, 0.25) is 0 Å². The fourth-order valence-corrected chi connectivity index (χ4v) is 4.19. The molecule has 2 heterocycles. The summed E-state index contributed by atoms with van der Waals surface area (Å²) in [6.07, 6.45) is 1.46. The zero-order valence-electron chi connectivity index (χ0n) is 16.5. The Labute approximate surface area is 172 Å². The second-order valence-electron chi connectivity index (χ2n) is 7.14. The van der Waals surface area contributed by atoms with Gasteiger partial charge >= 0.3 is 0 Å². The van der Waals surface area contributed by atoms with E-state index in [2.05, 4.69) is 10.3 Å². The molecule has 0 fully saturated rings. The van der Waals surface area contributed by atoms with Crippen LogP contribution in [0.3, 0.4) is 0 Å². The highest BCUT2D eigenvalue weighted by molar-refractivity contribution is 7.21. The maximum absolute atomic E-state index is 13.0. The average Bonchev–Trinajstić information content (AvgIpc) is 3.16. The number of aromatic nitrogens is 2. The molecule has 5 nitrogen and oxygen atoms in total. The van der Waals surface area contributed by atoms with Crippen molar-refractivity contribution in [3.63, 3.8) is 0 Å². The first-order chi connectivity index (χ1) is 13.9. The predicted octanol–water partition coefficient (Wildman–Crippen LogP) is 4.94. The van der Waals surface area contributed by atoms with Crippen molar-refractivity contribution in [3.8, 4) is 10.4 Å². The third kappa shape index (κ3) is 3.71. The molecule has 1 amide bonds. The predicted molar refractivity (Wildman–Crippen MR) is 119 cm³/mol. The highest BCUT2D eigenvalue weighted by Gasteiger charge is 2.19. The van der Waals surface area contributed by atoms with Crippen LogP contribution in [-0.4, -0.2) is 15.5 Å². The summed E-state index contributed by atoms with van der Waals surface area (Å²) in [6, 6.07) is 17.0. The molecule has 146 valence electrons. The first kappa shape index (κ1) is 19.1. The van der Waals surface area contributed by atoms with E-state index in [4.69, 9.17) is 0 Å². The van der Waals surface area contributed by atoms with Crippen molar-refractivity contribution >= 4 is 33.1 Å². The quantitative estimate of drug-likeness (QED) is 0.525. The van der Waals surface area contributed by atoms with E-state index < -0.39 is 6.04 Å². The number of hydrogen-bond acceptors (Lipinski definition) is 4. The number of thiophene rings is 1. The van der Waals surface area contributed by atoms with Gasteiger partial charge in [0.05, 0.1) is 11.7 Å². The zero-order chi connectivity index (χ0) is 20.5. The monoisotopic (exact) mass is 403 g/mol. The molecule has 2 aromatic heterocycles. The highest BCUT2D eigenvalue weighted by atomic mass is 32.1. The number of anilines is 1. The topological polar surface area (TPSA) is 64.0 Å². The first-order valence-corrected chi connectivity index (χ1v) is 10.2. The number of amides is 1. The van der Waals surface area contributed by atoms with Crippen LogP contribution >= 0.6 is 11.3 Å². The minimum atomic E-state index is -0.681. The van der Waals surface area contributed by atoms with Gasteiger partial charge in [-0.15, -0.1) is 11.3 Å². The lowest BCUT2D eigenvalue weighted by Crippen LogP contribution is -2.31. The molecule has 0 radical (unpaired) electrons. The number of nitrogens with one attached hydrogen (secondary N) is 1. The summed E-state index contributed by atoms with van der Waals surface area (Å²) in [5, 5.41) is 3.46. The van der Waals surface area contributed by atoms with Gasteiger partial charge in [0.25, 0.3) is 5.56 Å². The van der Waals surface area contributed by atoms with E-state index in [9.17, 15) is 9.59 Å². The summed E-state index contributed by atoms with van der Waals surface area (Å²) in [5.41, 5.74) is 3.62. The molecule has 0 saturated heterocycles. The van der Waals surface area contributed by atoms with Crippen LogP contribution in [0.4, 0.5) is 5.69 Å². The van der Waals surface area contributed by atoms with Crippen LogP contribution in [0.5, 0.6) is 0 Å². The lowest BCUT2D eigenvalue weighted by atomic mass is 10.1. The molecule has 0 aliphatic carbocycles. The number of rotatable bonds is 4. The second-order valence-corrected chi connectivity index (χ2v) is 8.17. The number of hydrogen-bond donors (Lipinski definition) is 1. The molecule has 0 bridgehead atoms. The Kier molecular flexibility index (Phi) is 5.03. The summed E-state index contributed by atoms with van der Waals surface area (Å²) < 4.78 is 1.39. The highest BCUT2D eigenvalue weighted by Crippen LogP contribution is 2.30. The van der Waals surface area contributed by atoms with Crippen molar-refractivity contribution in [3.05, 3.63) is 82.4 Å². The lowest BCUT2D eigenvalue weighted by Gasteiger charge is -2.16. The fourth-order valence-electron chi connectivity index (χ4n) is 3.19. The Balaban J connectivity index is 1.66. The van der Waals surface area contributed by atoms with Gasteiger partial charge in [-0.3, -0.25) is 14.2 Å². The molecule has 0 aliphatic heterocycles. The third-order valence-corrected chi connectivity index (χ3v) is 6.07. The SMILES string of the molecule is Cc1ccc(C)c(NC(=O)[C@@H](C)n2cnc3sc(-c4ccccc4)cc3c2=O)c1. The van der Waals surface area contributed by atoms with E-state index in [0.29, 0.717) is 10.2 Å². The fraction of sp³-hybridized carbons (Fsp3) is 0.174. The van der Waals surface area contributed by atoms with Gasteiger partial charge in [-0.25, -0.2) is 4.98 Å². The number of fused-ring (bicyclic) bond motifs is 1. The van der Waals surface area contributed by atoms with Gasteiger partial charge in [-0.2, -0.15) is 0 Å². The Bertz CT molecular complexity index is 1260. The molecule has 6 heteroatoms. The number of benzene rings is 2. The molecule has 1 atom stereocenters. The van der Waals surface area contributed by atoms with E-state index in [1.165, 1.54) is 22.2 Å². The number of aryl methyl sites for hydroxylation is 2. The zero-order valence-corrected chi connectivity index (χ0v) is 17.3. The van der Waals surface area contributed by atoms with Gasteiger partial charge in [-0.1, -0.05) is 42.5 Å². The molecular formula is C23H21N3O2S. The summed E-state index contributed by atoms with van der Waals surface area (Å²) in [5.74, 6) is -0.250. The van der Waals surface area contributed by atoms with Gasteiger partial charge in [-0.05, 0) is 49.6 Å². The standard InChI is InChI=1S/C23H21N3O2S/c1-14-9-10-15(2)19(11-14)25-21(27)16(3)26-13-24-22-18(23(26)28)12-20(29-22)17-7-5-4-6-8-17/h4-13,16H,1-3H3,(H,25,27)/t16-/m1/s1. The van der Waals surface area contributed by atoms with Gasteiger partial charge in [0.15, 0.2) is 0 Å². The minimum Gasteiger partial charge on any atom is -0.324 e. The van der Waals surface area contributed by atoms with Crippen LogP contribution in [0.25, 0.3) is 20.7 Å². The summed E-state index contributed by atoms with van der Waals surface area (Å²) in [7, 11) is 0. The van der Waals surface area contributed by atoms with E-state index in [0.717, 1.165) is 27.3 Å². The molecule has 0 unspecified atom stereocenters. The normalized spacial score (nSPS) is 12.1. The van der Waals surface area contributed by atoms with E-state index in [1.807, 2.05) is 68.4 Å². The number of nitrogens with zero attached hydrogens (tertiary/aromatic N) is 2. The van der Waals surface area contributed by atoms with Gasteiger partial charge in [0.2, 0.25) is 5.91 Å². The molecule has 0 spiro atoms. The molecule has 0 saturated carbocycles. The maximum Gasteiger partial charge on any atom is 0.262 e. The molecule has 29 heavy (non-hydrogen) atoms. The van der Waals surface area contributed by atoms with Crippen LogP contribution in [-0.2, 0) is 4.79 Å². The Morgan fingerprint density at radius 1 is 1.10 bits per heavy atom. The van der Waals surface area contributed by atoms with Gasteiger partial charge in [0.1, 0.15) is 10.9 Å². The molecule has 2 aromatic carbocycles. The summed E-state index contributed by atoms with van der Waals surface area (Å²) in [4.78, 5) is 31.9. The largest absolute Gasteiger partial charge is 0.324 e. The van der Waals surface area contributed by atoms with Gasteiger partial charge in [0, 0.05) is 10.6 Å². The molecular weight excluding hydrogens is 382 g/mol. The van der Waals surface area contributed by atoms with Crippen LogP contribution in [0, 0.1) is 13.8 Å². The Morgan fingerprint density at radius 2 is 1.86 bits per heavy atom. The molecule has 1 N–H and O–H groups in total. The maximum atomic E-state index is 13.0. The van der Waals surface area contributed by atoms with E-state index in [1.54, 1.807) is 6.92 Å². The Hall–Kier alpha value is -3.25. The number of carbonyl (C=O) groups is 1. The molecule has 4 aromatic rings. The van der Waals surface area contributed by atoms with Gasteiger partial charge < -0.3 is 5.32 Å². The summed E-state index contributed by atoms with van der Waals surface area (Å²) in [6.45, 7) is 5.62. The second kappa shape index (κ2) is 7.64. The minimum absolute atomic E-state index is 0.211. The average molecular weight is 404 g/mol. The molecule has 0 aliphatic rings. The molecule has 4 rings (SSSR count). The Morgan fingerprint density at radius 3 is 2.62 bits per heavy atom. The van der Waals surface area contributed by atoms with Crippen molar-refractivity contribution in [2.24, 2.45) is 0 Å².